The number of ether oxygens (including phenoxy) is 1. The molecule has 1 N–H and O–H groups in total. The molecule has 1 unspecified atom stereocenters. The molecule has 1 heterocycles. The molecule has 1 aliphatic rings. The van der Waals surface area contributed by atoms with E-state index < -0.39 is 0 Å². The van der Waals surface area contributed by atoms with E-state index in [1.54, 1.807) is 14.0 Å². The summed E-state index contributed by atoms with van der Waals surface area (Å²) in [7, 11) is 1.63. The summed E-state index contributed by atoms with van der Waals surface area (Å²) in [6, 6.07) is 5.78. The zero-order chi connectivity index (χ0) is 10.1. The van der Waals surface area contributed by atoms with Crippen LogP contribution in [0.15, 0.2) is 18.2 Å². The van der Waals surface area contributed by atoms with E-state index in [9.17, 15) is 4.79 Å². The lowest BCUT2D eigenvalue weighted by atomic mass is 9.98. The molecule has 2 rings (SSSR count). The summed E-state index contributed by atoms with van der Waals surface area (Å²) in [5, 5.41) is 3.21. The first kappa shape index (κ1) is 9.06. The second kappa shape index (κ2) is 3.33. The molecule has 0 spiro atoms. The van der Waals surface area contributed by atoms with Gasteiger partial charge < -0.3 is 10.1 Å². The molecule has 74 valence electrons. The predicted molar refractivity (Wildman–Crippen MR) is 54.9 cm³/mol. The lowest BCUT2D eigenvalue weighted by Crippen LogP contribution is -2.10. The average Bonchev–Trinajstić information content (AvgIpc) is 2.59. The van der Waals surface area contributed by atoms with Gasteiger partial charge in [0.2, 0.25) is 0 Å². The van der Waals surface area contributed by atoms with Gasteiger partial charge in [0.25, 0.3) is 0 Å². The van der Waals surface area contributed by atoms with Crippen LogP contribution in [0.4, 0.5) is 5.69 Å². The van der Waals surface area contributed by atoms with Crippen LogP contribution < -0.4 is 10.1 Å². The SMILES string of the molecule is COc1ccc2c(c1)C(C(C)=O)CN2. The maximum absolute atomic E-state index is 11.3. The van der Waals surface area contributed by atoms with Gasteiger partial charge in [-0.15, -0.1) is 0 Å². The third-order valence-electron chi connectivity index (χ3n) is 2.62. The fraction of sp³-hybridized carbons (Fsp3) is 0.364. The lowest BCUT2D eigenvalue weighted by Gasteiger charge is -2.06. The highest BCUT2D eigenvalue weighted by atomic mass is 16.5. The number of carbonyl (C=O) groups excluding carboxylic acids is 1. The van der Waals surface area contributed by atoms with Gasteiger partial charge in [-0.25, -0.2) is 0 Å². The summed E-state index contributed by atoms with van der Waals surface area (Å²) >= 11 is 0. The minimum atomic E-state index is -0.0138. The van der Waals surface area contributed by atoms with E-state index in [4.69, 9.17) is 4.74 Å². The highest BCUT2D eigenvalue weighted by Crippen LogP contribution is 2.34. The highest BCUT2D eigenvalue weighted by Gasteiger charge is 2.25. The predicted octanol–water partition coefficient (Wildman–Crippen LogP) is 1.79. The number of Topliss-reactive ketones (excluding diaryl/α,β-unsaturated/α-hetero) is 1. The number of rotatable bonds is 2. The Bertz CT molecular complexity index is 374. The molecule has 0 fully saturated rings. The first-order valence-electron chi connectivity index (χ1n) is 4.64. The summed E-state index contributed by atoms with van der Waals surface area (Å²) in [5.74, 6) is 0.989. The molecule has 3 nitrogen and oxygen atoms in total. The van der Waals surface area contributed by atoms with Crippen molar-refractivity contribution in [1.82, 2.24) is 0 Å². The van der Waals surface area contributed by atoms with Crippen molar-refractivity contribution in [2.75, 3.05) is 19.0 Å². The zero-order valence-corrected chi connectivity index (χ0v) is 8.33. The van der Waals surface area contributed by atoms with Gasteiger partial charge in [0.1, 0.15) is 11.5 Å². The molecule has 0 bridgehead atoms. The van der Waals surface area contributed by atoms with Crippen molar-refractivity contribution in [1.29, 1.82) is 0 Å². The molecular weight excluding hydrogens is 178 g/mol. The molecule has 0 amide bonds. The number of benzene rings is 1. The van der Waals surface area contributed by atoms with Crippen LogP contribution in [-0.2, 0) is 4.79 Å². The van der Waals surface area contributed by atoms with E-state index in [0.29, 0.717) is 6.54 Å². The van der Waals surface area contributed by atoms with Crippen molar-refractivity contribution in [2.45, 2.75) is 12.8 Å². The second-order valence-corrected chi connectivity index (χ2v) is 3.50. The minimum absolute atomic E-state index is 0.0138. The van der Waals surface area contributed by atoms with E-state index in [1.165, 1.54) is 0 Å². The number of methoxy groups -OCH3 is 1. The van der Waals surface area contributed by atoms with E-state index in [1.807, 2.05) is 18.2 Å². The Balaban J connectivity index is 2.41. The molecule has 0 radical (unpaired) electrons. The molecule has 1 atom stereocenters. The zero-order valence-electron chi connectivity index (χ0n) is 8.33. The van der Waals surface area contributed by atoms with Crippen LogP contribution in [0.3, 0.4) is 0 Å². The Kier molecular flexibility index (Phi) is 2.15. The number of carbonyl (C=O) groups is 1. The Morgan fingerprint density at radius 3 is 3.00 bits per heavy atom. The van der Waals surface area contributed by atoms with Gasteiger partial charge in [0.15, 0.2) is 0 Å². The molecule has 0 saturated heterocycles. The molecule has 0 aromatic heterocycles. The Labute approximate surface area is 83.1 Å². The number of nitrogens with one attached hydrogen (secondary N) is 1. The molecule has 1 aromatic rings. The van der Waals surface area contributed by atoms with Gasteiger partial charge in [-0.3, -0.25) is 4.79 Å². The lowest BCUT2D eigenvalue weighted by molar-refractivity contribution is -0.118. The number of hydrogen-bond acceptors (Lipinski definition) is 3. The second-order valence-electron chi connectivity index (χ2n) is 3.50. The monoisotopic (exact) mass is 191 g/mol. The van der Waals surface area contributed by atoms with Gasteiger partial charge in [-0.05, 0) is 30.7 Å². The third kappa shape index (κ3) is 1.35. The number of anilines is 1. The van der Waals surface area contributed by atoms with Crippen LogP contribution in [0.1, 0.15) is 18.4 Å². The van der Waals surface area contributed by atoms with Gasteiger partial charge in [-0.2, -0.15) is 0 Å². The smallest absolute Gasteiger partial charge is 0.139 e. The van der Waals surface area contributed by atoms with Gasteiger partial charge in [-0.1, -0.05) is 0 Å². The summed E-state index contributed by atoms with van der Waals surface area (Å²) < 4.78 is 5.13. The Morgan fingerprint density at radius 2 is 2.36 bits per heavy atom. The number of hydrogen-bond donors (Lipinski definition) is 1. The molecule has 14 heavy (non-hydrogen) atoms. The fourth-order valence-electron chi connectivity index (χ4n) is 1.80. The van der Waals surface area contributed by atoms with Crippen molar-refractivity contribution in [3.05, 3.63) is 23.8 Å². The van der Waals surface area contributed by atoms with Crippen molar-refractivity contribution >= 4 is 11.5 Å². The first-order chi connectivity index (χ1) is 6.72. The molecule has 0 aliphatic carbocycles. The molecule has 1 aromatic carbocycles. The van der Waals surface area contributed by atoms with Crippen LogP contribution in [-0.4, -0.2) is 19.4 Å². The Hall–Kier alpha value is -1.51. The van der Waals surface area contributed by atoms with Crippen LogP contribution in [0.2, 0.25) is 0 Å². The fourth-order valence-corrected chi connectivity index (χ4v) is 1.80. The summed E-state index contributed by atoms with van der Waals surface area (Å²) in [4.78, 5) is 11.3. The van der Waals surface area contributed by atoms with E-state index >= 15 is 0 Å². The number of ketones is 1. The van der Waals surface area contributed by atoms with Crippen molar-refractivity contribution < 1.29 is 9.53 Å². The largest absolute Gasteiger partial charge is 0.497 e. The average molecular weight is 191 g/mol. The summed E-state index contributed by atoms with van der Waals surface area (Å²) in [5.41, 5.74) is 2.10. The van der Waals surface area contributed by atoms with Crippen molar-refractivity contribution in [3.8, 4) is 5.75 Å². The van der Waals surface area contributed by atoms with Gasteiger partial charge >= 0.3 is 0 Å². The summed E-state index contributed by atoms with van der Waals surface area (Å²) in [6.45, 7) is 2.33. The van der Waals surface area contributed by atoms with Crippen LogP contribution in [0.25, 0.3) is 0 Å². The standard InChI is InChI=1S/C11H13NO2/c1-7(13)10-6-12-11-4-3-8(14-2)5-9(10)11/h3-5,10,12H,6H2,1-2H3. The topological polar surface area (TPSA) is 38.3 Å². The van der Waals surface area contributed by atoms with Crippen molar-refractivity contribution in [3.63, 3.8) is 0 Å². The van der Waals surface area contributed by atoms with Crippen LogP contribution in [0.5, 0.6) is 5.75 Å². The quantitative estimate of drug-likeness (QED) is 0.774. The first-order valence-corrected chi connectivity index (χ1v) is 4.64. The highest BCUT2D eigenvalue weighted by molar-refractivity contribution is 5.88. The number of fused-ring (bicyclic) bond motifs is 1. The molecule has 1 aliphatic heterocycles. The Morgan fingerprint density at radius 1 is 1.57 bits per heavy atom. The maximum atomic E-state index is 11.3. The van der Waals surface area contributed by atoms with Gasteiger partial charge in [0, 0.05) is 12.2 Å². The van der Waals surface area contributed by atoms with E-state index in [0.717, 1.165) is 17.0 Å². The van der Waals surface area contributed by atoms with Crippen molar-refractivity contribution in [2.24, 2.45) is 0 Å². The summed E-state index contributed by atoms with van der Waals surface area (Å²) in [6.07, 6.45) is 0. The van der Waals surface area contributed by atoms with E-state index in [-0.39, 0.29) is 11.7 Å². The molecular formula is C11H13NO2. The third-order valence-corrected chi connectivity index (χ3v) is 2.62. The minimum Gasteiger partial charge on any atom is -0.497 e. The van der Waals surface area contributed by atoms with Crippen LogP contribution in [0, 0.1) is 0 Å². The van der Waals surface area contributed by atoms with Crippen LogP contribution >= 0.6 is 0 Å². The normalized spacial score (nSPS) is 18.6. The van der Waals surface area contributed by atoms with Gasteiger partial charge in [0.05, 0.1) is 13.0 Å². The van der Waals surface area contributed by atoms with E-state index in [2.05, 4.69) is 5.32 Å². The molecule has 3 heteroatoms. The molecule has 0 saturated carbocycles. The maximum Gasteiger partial charge on any atom is 0.139 e.